The molecule has 64 heavy (non-hydrogen) atoms. The average Bonchev–Trinajstić information content (AvgIpc) is 3.30. The van der Waals surface area contributed by atoms with Crippen LogP contribution in [-0.4, -0.2) is 34.9 Å². The van der Waals surface area contributed by atoms with Crippen LogP contribution in [0, 0.1) is 0 Å². The van der Waals surface area contributed by atoms with E-state index in [1.165, 1.54) is 231 Å². The van der Waals surface area contributed by atoms with Gasteiger partial charge in [-0.05, 0) is 77.0 Å². The summed E-state index contributed by atoms with van der Waals surface area (Å²) in [4.78, 5) is 12.5. The number of aliphatic hydroxyl groups excluding tert-OH is 2. The molecule has 0 saturated carbocycles. The molecule has 2 atom stereocenters. The van der Waals surface area contributed by atoms with E-state index in [4.69, 9.17) is 0 Å². The summed E-state index contributed by atoms with van der Waals surface area (Å²) in [5.41, 5.74) is 0. The molecule has 374 valence electrons. The number of rotatable bonds is 52. The second kappa shape index (κ2) is 55.4. The van der Waals surface area contributed by atoms with E-state index in [0.717, 1.165) is 44.9 Å². The summed E-state index contributed by atoms with van der Waals surface area (Å²) in [5, 5.41) is 23.1. The lowest BCUT2D eigenvalue weighted by Gasteiger charge is -2.19. The van der Waals surface area contributed by atoms with Gasteiger partial charge in [-0.1, -0.05) is 274 Å². The Kier molecular flexibility index (Phi) is 53.8. The predicted octanol–water partition coefficient (Wildman–Crippen LogP) is 18.8. The first-order chi connectivity index (χ1) is 31.7. The van der Waals surface area contributed by atoms with Crippen LogP contribution < -0.4 is 5.32 Å². The van der Waals surface area contributed by atoms with Crippen molar-refractivity contribution in [2.45, 2.75) is 309 Å². The minimum absolute atomic E-state index is 0.0772. The van der Waals surface area contributed by atoms with Crippen molar-refractivity contribution in [3.8, 4) is 0 Å². The van der Waals surface area contributed by atoms with Crippen LogP contribution in [0.3, 0.4) is 0 Å². The fraction of sp³-hybridized carbons (Fsp3) is 0.817. The molecule has 0 saturated heterocycles. The Morgan fingerprint density at radius 1 is 0.375 bits per heavy atom. The van der Waals surface area contributed by atoms with Crippen molar-refractivity contribution in [1.29, 1.82) is 0 Å². The Morgan fingerprint density at radius 3 is 1.00 bits per heavy atom. The molecule has 0 spiro atoms. The van der Waals surface area contributed by atoms with E-state index in [0.29, 0.717) is 6.42 Å². The third-order valence-electron chi connectivity index (χ3n) is 13.0. The number of unbranched alkanes of at least 4 members (excludes halogenated alkanes) is 37. The molecule has 0 radical (unpaired) electrons. The number of aliphatic hydroxyl groups is 2. The highest BCUT2D eigenvalue weighted by Gasteiger charge is 2.18. The highest BCUT2D eigenvalue weighted by Crippen LogP contribution is 2.16. The molecule has 0 aliphatic carbocycles. The Hall–Kier alpha value is -1.91. The van der Waals surface area contributed by atoms with Crippen molar-refractivity contribution in [3.05, 3.63) is 60.8 Å². The van der Waals surface area contributed by atoms with E-state index in [2.05, 4.69) is 67.8 Å². The van der Waals surface area contributed by atoms with E-state index in [-0.39, 0.29) is 12.5 Å². The Balaban J connectivity index is 3.56. The van der Waals surface area contributed by atoms with Crippen molar-refractivity contribution in [2.24, 2.45) is 0 Å². The molecule has 0 aromatic rings. The molecular formula is C60H111NO3. The summed E-state index contributed by atoms with van der Waals surface area (Å²) in [5.74, 6) is -0.0772. The highest BCUT2D eigenvalue weighted by molar-refractivity contribution is 5.76. The van der Waals surface area contributed by atoms with Crippen LogP contribution in [0.15, 0.2) is 60.8 Å². The summed E-state index contributed by atoms with van der Waals surface area (Å²) in [6.07, 6.45) is 78.1. The van der Waals surface area contributed by atoms with Gasteiger partial charge in [0.05, 0.1) is 18.8 Å². The van der Waals surface area contributed by atoms with Gasteiger partial charge in [-0.25, -0.2) is 0 Å². The number of carbonyl (C=O) groups is 1. The molecule has 4 nitrogen and oxygen atoms in total. The van der Waals surface area contributed by atoms with Gasteiger partial charge in [-0.3, -0.25) is 4.79 Å². The van der Waals surface area contributed by atoms with E-state index >= 15 is 0 Å². The van der Waals surface area contributed by atoms with Crippen LogP contribution in [0.25, 0.3) is 0 Å². The van der Waals surface area contributed by atoms with Crippen molar-refractivity contribution in [1.82, 2.24) is 5.32 Å². The zero-order valence-corrected chi connectivity index (χ0v) is 43.1. The third-order valence-corrected chi connectivity index (χ3v) is 13.0. The van der Waals surface area contributed by atoms with Crippen LogP contribution in [0.5, 0.6) is 0 Å². The van der Waals surface area contributed by atoms with E-state index in [9.17, 15) is 15.0 Å². The van der Waals surface area contributed by atoms with Crippen molar-refractivity contribution >= 4 is 5.91 Å². The molecule has 0 aromatic carbocycles. The number of hydrogen-bond acceptors (Lipinski definition) is 3. The van der Waals surface area contributed by atoms with E-state index < -0.39 is 12.1 Å². The molecular weight excluding hydrogens is 783 g/mol. The van der Waals surface area contributed by atoms with Crippen molar-refractivity contribution < 1.29 is 15.0 Å². The maximum absolute atomic E-state index is 12.5. The largest absolute Gasteiger partial charge is 0.394 e. The van der Waals surface area contributed by atoms with Gasteiger partial charge in [-0.15, -0.1) is 0 Å². The normalized spacial score (nSPS) is 13.2. The van der Waals surface area contributed by atoms with E-state index in [1.807, 2.05) is 6.08 Å². The Labute approximate surface area is 400 Å². The second-order valence-corrected chi connectivity index (χ2v) is 19.3. The second-order valence-electron chi connectivity index (χ2n) is 19.3. The van der Waals surface area contributed by atoms with Crippen molar-refractivity contribution in [2.75, 3.05) is 6.61 Å². The molecule has 0 fully saturated rings. The Bertz CT molecular complexity index is 1060. The lowest BCUT2D eigenvalue weighted by atomic mass is 10.0. The number of amides is 1. The smallest absolute Gasteiger partial charge is 0.220 e. The van der Waals surface area contributed by atoms with Gasteiger partial charge in [0.2, 0.25) is 5.91 Å². The van der Waals surface area contributed by atoms with E-state index in [1.54, 1.807) is 6.08 Å². The van der Waals surface area contributed by atoms with Gasteiger partial charge in [0.25, 0.3) is 0 Å². The molecule has 1 amide bonds. The summed E-state index contributed by atoms with van der Waals surface area (Å²) >= 11 is 0. The molecule has 0 rings (SSSR count). The fourth-order valence-corrected chi connectivity index (χ4v) is 8.60. The number of hydrogen-bond donors (Lipinski definition) is 3. The topological polar surface area (TPSA) is 69.6 Å². The third kappa shape index (κ3) is 51.1. The summed E-state index contributed by atoms with van der Waals surface area (Å²) in [6.45, 7) is 4.31. The Morgan fingerprint density at radius 2 is 0.656 bits per heavy atom. The molecule has 0 heterocycles. The van der Waals surface area contributed by atoms with Gasteiger partial charge < -0.3 is 15.5 Å². The molecule has 0 bridgehead atoms. The number of nitrogens with one attached hydrogen (secondary N) is 1. The highest BCUT2D eigenvalue weighted by atomic mass is 16.3. The van der Waals surface area contributed by atoms with Gasteiger partial charge >= 0.3 is 0 Å². The monoisotopic (exact) mass is 894 g/mol. The standard InChI is InChI=1S/C60H111NO3/c1-3-5-7-9-11-13-15-17-19-21-23-25-27-29-30-32-33-35-37-39-41-43-45-47-49-51-53-55-59(63)58(57-62)61-60(64)56-54-52-50-48-46-44-42-40-38-36-34-31-28-26-24-22-20-18-16-14-12-10-8-6-4-2/h16,18,22,24,37,39,45,47,53,55,58-59,62-63H,3-15,17,19-21,23,25-36,38,40-44,46,48-52,54,56-57H2,1-2H3,(H,61,64)/b18-16-,24-22-,39-37+,47-45+,55-53+. The molecule has 0 aliphatic heterocycles. The number of carbonyl (C=O) groups excluding carboxylic acids is 1. The molecule has 0 aromatic heterocycles. The predicted molar refractivity (Wildman–Crippen MR) is 285 cm³/mol. The minimum atomic E-state index is -0.873. The van der Waals surface area contributed by atoms with Crippen LogP contribution in [-0.2, 0) is 4.79 Å². The van der Waals surface area contributed by atoms with Gasteiger partial charge in [-0.2, -0.15) is 0 Å². The molecule has 0 aliphatic rings. The summed E-state index contributed by atoms with van der Waals surface area (Å²) in [7, 11) is 0. The maximum Gasteiger partial charge on any atom is 0.220 e. The zero-order valence-electron chi connectivity index (χ0n) is 43.1. The lowest BCUT2D eigenvalue weighted by molar-refractivity contribution is -0.123. The first kappa shape index (κ1) is 62.1. The minimum Gasteiger partial charge on any atom is -0.394 e. The first-order valence-corrected chi connectivity index (χ1v) is 28.5. The summed E-state index contributed by atoms with van der Waals surface area (Å²) < 4.78 is 0. The molecule has 2 unspecified atom stereocenters. The van der Waals surface area contributed by atoms with Crippen LogP contribution in [0.4, 0.5) is 0 Å². The van der Waals surface area contributed by atoms with Crippen LogP contribution in [0.2, 0.25) is 0 Å². The summed E-state index contributed by atoms with van der Waals surface area (Å²) in [6, 6.07) is -0.649. The lowest BCUT2D eigenvalue weighted by Crippen LogP contribution is -2.45. The van der Waals surface area contributed by atoms with Crippen LogP contribution >= 0.6 is 0 Å². The fourth-order valence-electron chi connectivity index (χ4n) is 8.60. The van der Waals surface area contributed by atoms with Gasteiger partial charge in [0, 0.05) is 6.42 Å². The van der Waals surface area contributed by atoms with Crippen LogP contribution in [0.1, 0.15) is 296 Å². The van der Waals surface area contributed by atoms with Crippen molar-refractivity contribution in [3.63, 3.8) is 0 Å². The average molecular weight is 895 g/mol. The van der Waals surface area contributed by atoms with Gasteiger partial charge in [0.15, 0.2) is 0 Å². The SMILES string of the molecule is CCCCCCC/C=C\C/C=C\CCCCCCCCCCCCCCCC(=O)NC(CO)C(O)/C=C/CC/C=C/CC/C=C/CCCCCCCCCCCCCCCCCCC. The maximum atomic E-state index is 12.5. The molecule has 4 heteroatoms. The van der Waals surface area contributed by atoms with Gasteiger partial charge in [0.1, 0.15) is 0 Å². The number of allylic oxidation sites excluding steroid dienone is 9. The zero-order chi connectivity index (χ0) is 46.3. The molecule has 3 N–H and O–H groups in total. The first-order valence-electron chi connectivity index (χ1n) is 28.5. The quantitative estimate of drug-likeness (QED) is 0.0421.